The zero-order valence-electron chi connectivity index (χ0n) is 11.1. The molecule has 0 bridgehead atoms. The molecule has 1 saturated carbocycles. The van der Waals surface area contributed by atoms with Crippen molar-refractivity contribution in [3.8, 4) is 0 Å². The number of aliphatic hydroxyl groups is 1. The van der Waals surface area contributed by atoms with Crippen molar-refractivity contribution in [1.82, 2.24) is 4.90 Å². The third-order valence-corrected chi connectivity index (χ3v) is 3.95. The normalized spacial score (nSPS) is 18.2. The lowest BCUT2D eigenvalue weighted by Crippen LogP contribution is -2.39. The van der Waals surface area contributed by atoms with Gasteiger partial charge in [0.2, 0.25) is 0 Å². The molecule has 17 heavy (non-hydrogen) atoms. The summed E-state index contributed by atoms with van der Waals surface area (Å²) in [6.07, 6.45) is 3.56. The van der Waals surface area contributed by atoms with E-state index in [1.807, 2.05) is 0 Å². The minimum absolute atomic E-state index is 0.361. The molecule has 2 rings (SSSR count). The number of likely N-dealkylation sites (N-methyl/N-ethyl adjacent to an activating group) is 1. The molecule has 1 fully saturated rings. The summed E-state index contributed by atoms with van der Waals surface area (Å²) in [6.45, 7) is 4.89. The van der Waals surface area contributed by atoms with Gasteiger partial charge in [-0.1, -0.05) is 30.2 Å². The Morgan fingerprint density at radius 2 is 2.06 bits per heavy atom. The highest BCUT2D eigenvalue weighted by Crippen LogP contribution is 2.26. The highest BCUT2D eigenvalue weighted by molar-refractivity contribution is 5.32. The summed E-state index contributed by atoms with van der Waals surface area (Å²) in [5, 5.41) is 10.3. The van der Waals surface area contributed by atoms with Gasteiger partial charge in [-0.05, 0) is 44.9 Å². The summed E-state index contributed by atoms with van der Waals surface area (Å²) >= 11 is 0. The molecular formula is C15H23NO. The fourth-order valence-electron chi connectivity index (χ4n) is 2.47. The van der Waals surface area contributed by atoms with E-state index in [1.54, 1.807) is 0 Å². The Bertz CT molecular complexity index is 385. The van der Waals surface area contributed by atoms with Crippen LogP contribution in [0.4, 0.5) is 0 Å². The maximum absolute atomic E-state index is 10.3. The van der Waals surface area contributed by atoms with Crippen molar-refractivity contribution >= 4 is 0 Å². The Hall–Kier alpha value is -0.860. The molecule has 2 heteroatoms. The van der Waals surface area contributed by atoms with Gasteiger partial charge in [0.05, 0.1) is 6.10 Å². The Balaban J connectivity index is 2.02. The van der Waals surface area contributed by atoms with Crippen molar-refractivity contribution in [3.05, 3.63) is 34.9 Å². The third-order valence-electron chi connectivity index (χ3n) is 3.95. The minimum Gasteiger partial charge on any atom is -0.387 e. The summed E-state index contributed by atoms with van der Waals surface area (Å²) in [5.41, 5.74) is 3.48. The first-order valence-corrected chi connectivity index (χ1v) is 6.53. The summed E-state index contributed by atoms with van der Waals surface area (Å²) in [6, 6.07) is 6.99. The largest absolute Gasteiger partial charge is 0.387 e. The standard InChI is InChI=1S/C15H23NO/c1-11-7-8-12(2)14(9-11)15(17)10-16(3)13-5-4-6-13/h7-9,13,15,17H,4-6,10H2,1-3H3. The van der Waals surface area contributed by atoms with E-state index in [-0.39, 0.29) is 6.10 Å². The van der Waals surface area contributed by atoms with Crippen LogP contribution >= 0.6 is 0 Å². The number of nitrogens with zero attached hydrogens (tertiary/aromatic N) is 1. The molecule has 0 spiro atoms. The highest BCUT2D eigenvalue weighted by Gasteiger charge is 2.24. The van der Waals surface area contributed by atoms with Gasteiger partial charge in [-0.3, -0.25) is 0 Å². The van der Waals surface area contributed by atoms with E-state index in [2.05, 4.69) is 44.0 Å². The lowest BCUT2D eigenvalue weighted by atomic mass is 9.91. The molecule has 1 aromatic rings. The van der Waals surface area contributed by atoms with Crippen molar-refractivity contribution in [3.63, 3.8) is 0 Å². The van der Waals surface area contributed by atoms with Gasteiger partial charge in [-0.15, -0.1) is 0 Å². The fourth-order valence-corrected chi connectivity index (χ4v) is 2.47. The molecule has 1 aromatic carbocycles. The second-order valence-electron chi connectivity index (χ2n) is 5.40. The summed E-state index contributed by atoms with van der Waals surface area (Å²) in [4.78, 5) is 2.30. The zero-order valence-corrected chi connectivity index (χ0v) is 11.1. The Morgan fingerprint density at radius 1 is 1.35 bits per heavy atom. The molecule has 94 valence electrons. The number of hydrogen-bond acceptors (Lipinski definition) is 2. The van der Waals surface area contributed by atoms with Crippen LogP contribution in [0.1, 0.15) is 42.1 Å². The second kappa shape index (κ2) is 5.19. The molecule has 0 aromatic heterocycles. The fraction of sp³-hybridized carbons (Fsp3) is 0.600. The maximum atomic E-state index is 10.3. The van der Waals surface area contributed by atoms with E-state index in [0.717, 1.165) is 12.1 Å². The lowest BCUT2D eigenvalue weighted by Gasteiger charge is -2.36. The van der Waals surface area contributed by atoms with Crippen LogP contribution in [0.25, 0.3) is 0 Å². The third kappa shape index (κ3) is 2.88. The molecule has 1 aliphatic rings. The molecule has 1 N–H and O–H groups in total. The van der Waals surface area contributed by atoms with E-state index in [4.69, 9.17) is 0 Å². The van der Waals surface area contributed by atoms with E-state index in [1.165, 1.54) is 30.4 Å². The Morgan fingerprint density at radius 3 is 2.65 bits per heavy atom. The van der Waals surface area contributed by atoms with Crippen LogP contribution in [0, 0.1) is 13.8 Å². The monoisotopic (exact) mass is 233 g/mol. The van der Waals surface area contributed by atoms with Gasteiger partial charge in [-0.2, -0.15) is 0 Å². The molecular weight excluding hydrogens is 210 g/mol. The van der Waals surface area contributed by atoms with Crippen LogP contribution in [-0.2, 0) is 0 Å². The van der Waals surface area contributed by atoms with Crippen LogP contribution < -0.4 is 0 Å². The SMILES string of the molecule is Cc1ccc(C)c(C(O)CN(C)C2CCC2)c1. The first-order chi connectivity index (χ1) is 8.08. The maximum Gasteiger partial charge on any atom is 0.0919 e. The summed E-state index contributed by atoms with van der Waals surface area (Å²) in [7, 11) is 2.12. The molecule has 1 unspecified atom stereocenters. The summed E-state index contributed by atoms with van der Waals surface area (Å²) < 4.78 is 0. The van der Waals surface area contributed by atoms with Gasteiger partial charge >= 0.3 is 0 Å². The molecule has 2 nitrogen and oxygen atoms in total. The predicted octanol–water partition coefficient (Wildman–Crippen LogP) is 2.82. The Kier molecular flexibility index (Phi) is 3.85. The molecule has 0 radical (unpaired) electrons. The van der Waals surface area contributed by atoms with Crippen molar-refractivity contribution in [2.75, 3.05) is 13.6 Å². The molecule has 0 saturated heterocycles. The molecule has 1 atom stereocenters. The van der Waals surface area contributed by atoms with Crippen molar-refractivity contribution in [1.29, 1.82) is 0 Å². The molecule has 0 heterocycles. The number of benzene rings is 1. The topological polar surface area (TPSA) is 23.5 Å². The van der Waals surface area contributed by atoms with Gasteiger partial charge in [0, 0.05) is 12.6 Å². The minimum atomic E-state index is -0.361. The van der Waals surface area contributed by atoms with Gasteiger partial charge in [0.25, 0.3) is 0 Å². The summed E-state index contributed by atoms with van der Waals surface area (Å²) in [5.74, 6) is 0. The van der Waals surface area contributed by atoms with Gasteiger partial charge in [0.15, 0.2) is 0 Å². The predicted molar refractivity (Wildman–Crippen MR) is 71.1 cm³/mol. The number of rotatable bonds is 4. The van der Waals surface area contributed by atoms with Gasteiger partial charge < -0.3 is 10.0 Å². The molecule has 1 aliphatic carbocycles. The van der Waals surface area contributed by atoms with Crippen LogP contribution in [-0.4, -0.2) is 29.6 Å². The van der Waals surface area contributed by atoms with Crippen molar-refractivity contribution in [2.45, 2.75) is 45.3 Å². The van der Waals surface area contributed by atoms with Crippen LogP contribution in [0.2, 0.25) is 0 Å². The smallest absolute Gasteiger partial charge is 0.0919 e. The van der Waals surface area contributed by atoms with Crippen LogP contribution in [0.3, 0.4) is 0 Å². The van der Waals surface area contributed by atoms with E-state index < -0.39 is 0 Å². The average molecular weight is 233 g/mol. The van der Waals surface area contributed by atoms with Gasteiger partial charge in [-0.25, -0.2) is 0 Å². The van der Waals surface area contributed by atoms with Crippen LogP contribution in [0.5, 0.6) is 0 Å². The number of hydrogen-bond donors (Lipinski definition) is 1. The van der Waals surface area contributed by atoms with Gasteiger partial charge in [0.1, 0.15) is 0 Å². The van der Waals surface area contributed by atoms with E-state index in [0.29, 0.717) is 6.04 Å². The molecule has 0 amide bonds. The van der Waals surface area contributed by atoms with E-state index in [9.17, 15) is 5.11 Å². The molecule has 0 aliphatic heterocycles. The number of aliphatic hydroxyl groups excluding tert-OH is 1. The first kappa shape index (κ1) is 12.6. The highest BCUT2D eigenvalue weighted by atomic mass is 16.3. The zero-order chi connectivity index (χ0) is 12.4. The first-order valence-electron chi connectivity index (χ1n) is 6.53. The average Bonchev–Trinajstić information content (AvgIpc) is 2.18. The second-order valence-corrected chi connectivity index (χ2v) is 5.40. The van der Waals surface area contributed by atoms with Crippen molar-refractivity contribution in [2.24, 2.45) is 0 Å². The van der Waals surface area contributed by atoms with Crippen LogP contribution in [0.15, 0.2) is 18.2 Å². The Labute approximate surface area is 104 Å². The lowest BCUT2D eigenvalue weighted by molar-refractivity contribution is 0.0773. The van der Waals surface area contributed by atoms with Crippen molar-refractivity contribution < 1.29 is 5.11 Å². The number of aryl methyl sites for hydroxylation is 2. The quantitative estimate of drug-likeness (QED) is 0.864. The van der Waals surface area contributed by atoms with E-state index >= 15 is 0 Å².